The molecule has 0 bridgehead atoms. The minimum atomic E-state index is -0.676. The molecular formula is C10H12ClNO3. The molecule has 0 aliphatic rings. The number of aromatic nitrogens is 1. The first-order valence-electron chi connectivity index (χ1n) is 4.38. The molecule has 0 N–H and O–H groups in total. The van der Waals surface area contributed by atoms with Crippen LogP contribution in [0.5, 0.6) is 5.88 Å². The smallest absolute Gasteiger partial charge is 0.324 e. The molecule has 15 heavy (non-hydrogen) atoms. The van der Waals surface area contributed by atoms with Gasteiger partial charge in [0, 0.05) is 18.7 Å². The number of ether oxygens (including phenoxy) is 2. The zero-order valence-corrected chi connectivity index (χ0v) is 9.32. The molecule has 0 saturated carbocycles. The molecule has 1 unspecified atom stereocenters. The summed E-state index contributed by atoms with van der Waals surface area (Å²) in [5, 5.41) is -0.676. The largest absolute Gasteiger partial charge is 0.481 e. The maximum atomic E-state index is 11.0. The van der Waals surface area contributed by atoms with Gasteiger partial charge in [0.05, 0.1) is 14.2 Å². The lowest BCUT2D eigenvalue weighted by atomic mass is 10.1. The van der Waals surface area contributed by atoms with Gasteiger partial charge in [0.25, 0.3) is 0 Å². The van der Waals surface area contributed by atoms with Gasteiger partial charge in [-0.2, -0.15) is 0 Å². The Labute approximate surface area is 93.2 Å². The third kappa shape index (κ3) is 3.40. The number of hydrogen-bond donors (Lipinski definition) is 0. The van der Waals surface area contributed by atoms with Crippen LogP contribution in [0.25, 0.3) is 0 Å². The van der Waals surface area contributed by atoms with Crippen LogP contribution >= 0.6 is 11.6 Å². The van der Waals surface area contributed by atoms with Gasteiger partial charge in [-0.15, -0.1) is 11.6 Å². The topological polar surface area (TPSA) is 48.4 Å². The first-order chi connectivity index (χ1) is 7.17. The molecule has 0 saturated heterocycles. The minimum Gasteiger partial charge on any atom is -0.481 e. The molecule has 1 atom stereocenters. The Morgan fingerprint density at radius 1 is 1.53 bits per heavy atom. The van der Waals surface area contributed by atoms with Crippen LogP contribution < -0.4 is 4.74 Å². The summed E-state index contributed by atoms with van der Waals surface area (Å²) < 4.78 is 9.42. The molecule has 0 aliphatic carbocycles. The van der Waals surface area contributed by atoms with E-state index in [0.29, 0.717) is 12.3 Å². The second-order valence-corrected chi connectivity index (χ2v) is 3.43. The van der Waals surface area contributed by atoms with E-state index in [9.17, 15) is 4.79 Å². The quantitative estimate of drug-likeness (QED) is 0.579. The highest BCUT2D eigenvalue weighted by atomic mass is 35.5. The number of alkyl halides is 1. The summed E-state index contributed by atoms with van der Waals surface area (Å²) >= 11 is 5.81. The van der Waals surface area contributed by atoms with Crippen LogP contribution in [0.3, 0.4) is 0 Å². The second kappa shape index (κ2) is 5.56. The van der Waals surface area contributed by atoms with E-state index in [2.05, 4.69) is 9.72 Å². The summed E-state index contributed by atoms with van der Waals surface area (Å²) in [7, 11) is 2.85. The van der Waals surface area contributed by atoms with Crippen molar-refractivity contribution in [3.63, 3.8) is 0 Å². The number of esters is 1. The van der Waals surface area contributed by atoms with Crippen LogP contribution in [-0.4, -0.2) is 30.5 Å². The van der Waals surface area contributed by atoms with Crippen molar-refractivity contribution in [3.8, 4) is 5.88 Å². The fourth-order valence-electron chi connectivity index (χ4n) is 1.07. The lowest BCUT2D eigenvalue weighted by Crippen LogP contribution is -2.18. The van der Waals surface area contributed by atoms with Crippen molar-refractivity contribution in [1.82, 2.24) is 4.98 Å². The van der Waals surface area contributed by atoms with Gasteiger partial charge in [0.1, 0.15) is 5.38 Å². The van der Waals surface area contributed by atoms with Gasteiger partial charge < -0.3 is 9.47 Å². The Kier molecular flexibility index (Phi) is 4.37. The molecule has 1 heterocycles. The summed E-state index contributed by atoms with van der Waals surface area (Å²) in [6.07, 6.45) is 2.02. The maximum Gasteiger partial charge on any atom is 0.324 e. The highest BCUT2D eigenvalue weighted by Gasteiger charge is 2.16. The second-order valence-electron chi connectivity index (χ2n) is 2.90. The first kappa shape index (κ1) is 11.8. The molecule has 0 aliphatic heterocycles. The van der Waals surface area contributed by atoms with E-state index in [4.69, 9.17) is 16.3 Å². The van der Waals surface area contributed by atoms with Crippen molar-refractivity contribution in [1.29, 1.82) is 0 Å². The Bertz CT molecular complexity index is 326. The highest BCUT2D eigenvalue weighted by Crippen LogP contribution is 2.11. The molecular weight excluding hydrogens is 218 g/mol. The van der Waals surface area contributed by atoms with Gasteiger partial charge in [-0.3, -0.25) is 4.79 Å². The zero-order chi connectivity index (χ0) is 11.3. The van der Waals surface area contributed by atoms with E-state index in [0.717, 1.165) is 5.56 Å². The summed E-state index contributed by atoms with van der Waals surface area (Å²) in [6, 6.07) is 3.53. The average molecular weight is 230 g/mol. The lowest BCUT2D eigenvalue weighted by Gasteiger charge is -2.07. The van der Waals surface area contributed by atoms with Crippen molar-refractivity contribution < 1.29 is 14.3 Å². The van der Waals surface area contributed by atoms with E-state index < -0.39 is 11.3 Å². The van der Waals surface area contributed by atoms with Gasteiger partial charge in [-0.05, 0) is 5.56 Å². The standard InChI is InChI=1S/C10H12ClNO3/c1-14-9-4-3-7(6-12-9)5-8(11)10(13)15-2/h3-4,6,8H,5H2,1-2H3. The third-order valence-corrected chi connectivity index (χ3v) is 2.21. The molecule has 0 fully saturated rings. The van der Waals surface area contributed by atoms with Crippen LogP contribution in [0.2, 0.25) is 0 Å². The van der Waals surface area contributed by atoms with Crippen molar-refractivity contribution in [2.45, 2.75) is 11.8 Å². The van der Waals surface area contributed by atoms with Crippen LogP contribution in [0.4, 0.5) is 0 Å². The molecule has 82 valence electrons. The van der Waals surface area contributed by atoms with Gasteiger partial charge in [0.15, 0.2) is 0 Å². The maximum absolute atomic E-state index is 11.0. The number of halogens is 1. The predicted octanol–water partition coefficient (Wildman–Crippen LogP) is 1.41. The highest BCUT2D eigenvalue weighted by molar-refractivity contribution is 6.30. The number of nitrogens with zero attached hydrogens (tertiary/aromatic N) is 1. The summed E-state index contributed by atoms with van der Waals surface area (Å²) in [6.45, 7) is 0. The fourth-order valence-corrected chi connectivity index (χ4v) is 1.34. The Morgan fingerprint density at radius 3 is 2.73 bits per heavy atom. The van der Waals surface area contributed by atoms with Gasteiger partial charge in [0.2, 0.25) is 5.88 Å². The van der Waals surface area contributed by atoms with Crippen molar-refractivity contribution >= 4 is 17.6 Å². The Hall–Kier alpha value is -1.29. The number of pyridine rings is 1. The van der Waals surface area contributed by atoms with E-state index >= 15 is 0 Å². The molecule has 1 aromatic rings. The zero-order valence-electron chi connectivity index (χ0n) is 8.57. The van der Waals surface area contributed by atoms with Crippen LogP contribution in [0.15, 0.2) is 18.3 Å². The van der Waals surface area contributed by atoms with Crippen molar-refractivity contribution in [3.05, 3.63) is 23.9 Å². The molecule has 0 spiro atoms. The predicted molar refractivity (Wildman–Crippen MR) is 56.2 cm³/mol. The van der Waals surface area contributed by atoms with Gasteiger partial charge in [-0.25, -0.2) is 4.98 Å². The summed E-state index contributed by atoms with van der Waals surface area (Å²) in [5.74, 6) is 0.0930. The Balaban J connectivity index is 2.60. The van der Waals surface area contributed by atoms with Crippen molar-refractivity contribution in [2.24, 2.45) is 0 Å². The van der Waals surface area contributed by atoms with Crippen LogP contribution in [0.1, 0.15) is 5.56 Å². The monoisotopic (exact) mass is 229 g/mol. The van der Waals surface area contributed by atoms with E-state index in [-0.39, 0.29) is 0 Å². The van der Waals surface area contributed by atoms with Crippen LogP contribution in [-0.2, 0) is 16.0 Å². The molecule has 1 rings (SSSR count). The fraction of sp³-hybridized carbons (Fsp3) is 0.400. The molecule has 5 heteroatoms. The molecule has 0 radical (unpaired) electrons. The number of rotatable bonds is 4. The first-order valence-corrected chi connectivity index (χ1v) is 4.82. The minimum absolute atomic E-state index is 0.394. The number of carbonyl (C=O) groups excluding carboxylic acids is 1. The van der Waals surface area contributed by atoms with E-state index in [1.807, 2.05) is 6.07 Å². The molecule has 0 aromatic carbocycles. The van der Waals surface area contributed by atoms with Gasteiger partial charge >= 0.3 is 5.97 Å². The van der Waals surface area contributed by atoms with E-state index in [1.165, 1.54) is 7.11 Å². The van der Waals surface area contributed by atoms with E-state index in [1.54, 1.807) is 19.4 Å². The number of hydrogen-bond acceptors (Lipinski definition) is 4. The summed E-state index contributed by atoms with van der Waals surface area (Å²) in [5.41, 5.74) is 0.862. The normalized spacial score (nSPS) is 11.9. The molecule has 0 amide bonds. The molecule has 4 nitrogen and oxygen atoms in total. The van der Waals surface area contributed by atoms with Crippen LogP contribution in [0, 0.1) is 0 Å². The number of carbonyl (C=O) groups is 1. The SMILES string of the molecule is COC(=O)C(Cl)Cc1ccc(OC)nc1. The lowest BCUT2D eigenvalue weighted by molar-refractivity contribution is -0.140. The summed E-state index contributed by atoms with van der Waals surface area (Å²) in [4.78, 5) is 15.0. The van der Waals surface area contributed by atoms with Gasteiger partial charge in [-0.1, -0.05) is 6.07 Å². The van der Waals surface area contributed by atoms with Crippen molar-refractivity contribution in [2.75, 3.05) is 14.2 Å². The average Bonchev–Trinajstić information content (AvgIpc) is 2.29. The Morgan fingerprint density at radius 2 is 2.27 bits per heavy atom. The third-order valence-electron chi connectivity index (χ3n) is 1.88. The number of methoxy groups -OCH3 is 2. The molecule has 1 aromatic heterocycles.